The van der Waals surface area contributed by atoms with Gasteiger partial charge in [-0.15, -0.1) is 0 Å². The molecule has 0 saturated heterocycles. The minimum absolute atomic E-state index is 0.837. The van der Waals surface area contributed by atoms with Crippen molar-refractivity contribution in [1.29, 1.82) is 0 Å². The van der Waals surface area contributed by atoms with Crippen molar-refractivity contribution in [2.75, 3.05) is 0 Å². The normalized spacial score (nSPS) is 87.4. The van der Waals surface area contributed by atoms with Crippen LogP contribution < -0.4 is 0 Å². The standard InChI is InChI=1S/C23H28S/c24-23-9(5-1-2-5)12-15-18-17-14-11-8-4-6-3-7(6)10(8)13(11)16(14)19(17)20(18)21(15)22(12)23/h5-24H,1-4H2. The predicted molar refractivity (Wildman–Crippen MR) is 94.1 cm³/mol. The smallest absolute Gasteiger partial charge is 0.00845 e. The lowest BCUT2D eigenvalue weighted by Gasteiger charge is -2.93. The van der Waals surface area contributed by atoms with E-state index in [-0.39, 0.29) is 0 Å². The van der Waals surface area contributed by atoms with Crippen LogP contribution in [0.3, 0.4) is 0 Å². The first-order valence-electron chi connectivity index (χ1n) is 11.5. The SMILES string of the molecule is SC1C(C2CC2)C2C1C1C2C2C1C1C3C4C5C6CC6CC5C4C3C21. The van der Waals surface area contributed by atoms with Gasteiger partial charge in [0, 0.05) is 5.25 Å². The lowest BCUT2D eigenvalue weighted by Crippen LogP contribution is -2.91. The highest BCUT2D eigenvalue weighted by Gasteiger charge is 2.91. The van der Waals surface area contributed by atoms with Crippen LogP contribution in [0, 0.1) is 107 Å². The summed E-state index contributed by atoms with van der Waals surface area (Å²) in [6, 6.07) is 0. The predicted octanol–water partition coefficient (Wildman–Crippen LogP) is 4.07. The van der Waals surface area contributed by atoms with Crippen molar-refractivity contribution in [1.82, 2.24) is 0 Å². The number of thiol groups is 1. The minimum Gasteiger partial charge on any atom is -0.175 e. The highest BCUT2D eigenvalue weighted by atomic mass is 32.1. The molecule has 0 heterocycles. The Balaban J connectivity index is 0.980. The van der Waals surface area contributed by atoms with Crippen LogP contribution in [0.4, 0.5) is 0 Å². The maximum Gasteiger partial charge on any atom is 0.00845 e. The van der Waals surface area contributed by atoms with Gasteiger partial charge in [-0.3, -0.25) is 0 Å². The van der Waals surface area contributed by atoms with Crippen LogP contribution in [0.2, 0.25) is 0 Å². The summed E-state index contributed by atoms with van der Waals surface area (Å²) in [4.78, 5) is 0. The number of rotatable bonds is 1. The zero-order valence-electron chi connectivity index (χ0n) is 14.2. The fraction of sp³-hybridized carbons (Fsp3) is 1.00. The first kappa shape index (κ1) is 11.9. The molecular weight excluding hydrogens is 308 g/mol. The van der Waals surface area contributed by atoms with E-state index >= 15 is 0 Å². The Morgan fingerprint density at radius 3 is 1.58 bits per heavy atom. The zero-order chi connectivity index (χ0) is 14.8. The molecular formula is C23H28S. The van der Waals surface area contributed by atoms with Crippen LogP contribution in [0.25, 0.3) is 0 Å². The molecule has 0 aromatic carbocycles. The Hall–Kier alpha value is 0.350. The van der Waals surface area contributed by atoms with Crippen LogP contribution in [-0.2, 0) is 0 Å². The van der Waals surface area contributed by atoms with Crippen molar-refractivity contribution in [2.24, 2.45) is 107 Å². The monoisotopic (exact) mass is 336 g/mol. The van der Waals surface area contributed by atoms with Crippen LogP contribution in [0.1, 0.15) is 25.7 Å². The molecule has 0 aromatic rings. The molecule has 10 aliphatic carbocycles. The maximum absolute atomic E-state index is 5.13. The van der Waals surface area contributed by atoms with Gasteiger partial charge in [0.1, 0.15) is 0 Å². The molecule has 10 fully saturated rings. The highest BCUT2D eigenvalue weighted by molar-refractivity contribution is 7.81. The van der Waals surface area contributed by atoms with E-state index in [1.165, 1.54) is 88.8 Å². The van der Waals surface area contributed by atoms with Gasteiger partial charge in [-0.05, 0) is 132 Å². The van der Waals surface area contributed by atoms with Crippen molar-refractivity contribution >= 4 is 12.6 Å². The summed E-state index contributed by atoms with van der Waals surface area (Å²) < 4.78 is 0. The van der Waals surface area contributed by atoms with E-state index < -0.39 is 0 Å². The fourth-order valence-corrected chi connectivity index (χ4v) is 13.4. The highest BCUT2D eigenvalue weighted by Crippen LogP contribution is 2.94. The molecule has 0 spiro atoms. The van der Waals surface area contributed by atoms with Crippen molar-refractivity contribution in [2.45, 2.75) is 30.9 Å². The van der Waals surface area contributed by atoms with Crippen LogP contribution in [-0.4, -0.2) is 5.25 Å². The van der Waals surface area contributed by atoms with Gasteiger partial charge in [-0.25, -0.2) is 0 Å². The second-order valence-corrected chi connectivity index (χ2v) is 13.1. The molecule has 0 aromatic heterocycles. The second-order valence-electron chi connectivity index (χ2n) is 12.5. The van der Waals surface area contributed by atoms with Crippen LogP contribution >= 0.6 is 12.6 Å². The molecule has 1 heteroatoms. The molecule has 18 unspecified atom stereocenters. The third-order valence-electron chi connectivity index (χ3n) is 13.0. The van der Waals surface area contributed by atoms with E-state index in [0.717, 1.165) is 23.0 Å². The summed E-state index contributed by atoms with van der Waals surface area (Å²) in [5.41, 5.74) is 0. The molecule has 0 bridgehead atoms. The molecule has 24 heavy (non-hydrogen) atoms. The first-order valence-corrected chi connectivity index (χ1v) is 12.1. The third kappa shape index (κ3) is 0.852. The third-order valence-corrected chi connectivity index (χ3v) is 13.7. The average molecular weight is 337 g/mol. The van der Waals surface area contributed by atoms with Crippen molar-refractivity contribution in [3.63, 3.8) is 0 Å². The lowest BCUT2D eigenvalue weighted by atomic mass is 9.11. The Kier molecular flexibility index (Phi) is 1.54. The molecule has 10 saturated carbocycles. The molecule has 126 valence electrons. The summed E-state index contributed by atoms with van der Waals surface area (Å²) in [6.07, 6.45) is 6.46. The Morgan fingerprint density at radius 1 is 0.417 bits per heavy atom. The molecule has 0 N–H and O–H groups in total. The zero-order valence-corrected chi connectivity index (χ0v) is 15.1. The molecule has 0 aliphatic heterocycles. The van der Waals surface area contributed by atoms with E-state index in [0.29, 0.717) is 0 Å². The molecule has 0 amide bonds. The number of fused-ring (bicyclic) bond motifs is 21. The molecule has 10 aliphatic rings. The van der Waals surface area contributed by atoms with Crippen molar-refractivity contribution in [3.05, 3.63) is 0 Å². The summed E-state index contributed by atoms with van der Waals surface area (Å²) >= 11 is 5.13. The fourth-order valence-electron chi connectivity index (χ4n) is 12.6. The first-order chi connectivity index (χ1) is 11.9. The van der Waals surface area contributed by atoms with Crippen LogP contribution in [0.15, 0.2) is 0 Å². The van der Waals surface area contributed by atoms with E-state index in [4.69, 9.17) is 12.6 Å². The maximum atomic E-state index is 5.13. The summed E-state index contributed by atoms with van der Waals surface area (Å²) in [5.74, 6) is 22.1. The summed E-state index contributed by atoms with van der Waals surface area (Å²) in [7, 11) is 0. The molecule has 0 radical (unpaired) electrons. The number of hydrogen-bond acceptors (Lipinski definition) is 1. The van der Waals surface area contributed by atoms with E-state index in [1.807, 2.05) is 0 Å². The van der Waals surface area contributed by atoms with Gasteiger partial charge in [0.15, 0.2) is 0 Å². The van der Waals surface area contributed by atoms with Crippen molar-refractivity contribution in [3.8, 4) is 0 Å². The van der Waals surface area contributed by atoms with Gasteiger partial charge in [0.25, 0.3) is 0 Å². The van der Waals surface area contributed by atoms with Gasteiger partial charge in [-0.2, -0.15) is 12.6 Å². The van der Waals surface area contributed by atoms with Gasteiger partial charge >= 0.3 is 0 Å². The summed E-state index contributed by atoms with van der Waals surface area (Å²) in [5, 5.41) is 0.837. The van der Waals surface area contributed by atoms with Gasteiger partial charge in [0.05, 0.1) is 0 Å². The molecule has 0 nitrogen and oxygen atoms in total. The lowest BCUT2D eigenvalue weighted by molar-refractivity contribution is -0.461. The molecule has 18 atom stereocenters. The average Bonchev–Trinajstić information content (AvgIpc) is 3.43. The minimum atomic E-state index is 0.837. The van der Waals surface area contributed by atoms with E-state index in [2.05, 4.69) is 0 Å². The largest absolute Gasteiger partial charge is 0.175 e. The second kappa shape index (κ2) is 3.10. The summed E-state index contributed by atoms with van der Waals surface area (Å²) in [6.45, 7) is 0. The van der Waals surface area contributed by atoms with E-state index in [9.17, 15) is 0 Å². The Morgan fingerprint density at radius 2 is 0.917 bits per heavy atom. The quantitative estimate of drug-likeness (QED) is 0.541. The Labute approximate surface area is 150 Å². The Bertz CT molecular complexity index is 726. The van der Waals surface area contributed by atoms with Gasteiger partial charge in [0.2, 0.25) is 0 Å². The van der Waals surface area contributed by atoms with Gasteiger partial charge in [-0.1, -0.05) is 0 Å². The van der Waals surface area contributed by atoms with E-state index in [1.54, 1.807) is 25.7 Å². The van der Waals surface area contributed by atoms with Gasteiger partial charge < -0.3 is 0 Å². The topological polar surface area (TPSA) is 0 Å². The number of hydrogen-bond donors (Lipinski definition) is 1. The van der Waals surface area contributed by atoms with Crippen LogP contribution in [0.5, 0.6) is 0 Å². The molecule has 10 rings (SSSR count). The van der Waals surface area contributed by atoms with Crippen molar-refractivity contribution < 1.29 is 0 Å².